The summed E-state index contributed by atoms with van der Waals surface area (Å²) in [7, 11) is 0. The summed E-state index contributed by atoms with van der Waals surface area (Å²) in [5.74, 6) is 0.922. The summed E-state index contributed by atoms with van der Waals surface area (Å²) < 4.78 is 5.71. The Labute approximate surface area is 117 Å². The summed E-state index contributed by atoms with van der Waals surface area (Å²) in [6, 6.07) is 7.47. The van der Waals surface area contributed by atoms with Crippen LogP contribution in [0, 0.1) is 13.8 Å². The number of ether oxygens (including phenoxy) is 1. The Bertz CT molecular complexity index is 588. The number of aromatic nitrogens is 2. The monoisotopic (exact) mass is 278 g/mol. The molecule has 0 saturated heterocycles. The van der Waals surface area contributed by atoms with Gasteiger partial charge < -0.3 is 9.84 Å². The molecule has 100 valence electrons. The van der Waals surface area contributed by atoms with Crippen molar-refractivity contribution < 1.29 is 9.84 Å². The summed E-state index contributed by atoms with van der Waals surface area (Å²) >= 11 is 6.03. The lowest BCUT2D eigenvalue weighted by atomic mass is 10.1. The van der Waals surface area contributed by atoms with Crippen molar-refractivity contribution in [2.24, 2.45) is 0 Å². The number of rotatable bonds is 4. The molecular formula is C14H15ClN2O2. The Balaban J connectivity index is 2.33. The minimum atomic E-state index is 0.0622. The minimum Gasteiger partial charge on any atom is -0.436 e. The van der Waals surface area contributed by atoms with Gasteiger partial charge in [-0.3, -0.25) is 0 Å². The molecule has 0 spiro atoms. The molecule has 0 unspecified atom stereocenters. The van der Waals surface area contributed by atoms with Gasteiger partial charge >= 0.3 is 0 Å². The normalized spacial score (nSPS) is 10.5. The minimum absolute atomic E-state index is 0.0622. The molecule has 0 fully saturated rings. The van der Waals surface area contributed by atoms with Crippen LogP contribution in [0.4, 0.5) is 0 Å². The van der Waals surface area contributed by atoms with Crippen LogP contribution in [-0.4, -0.2) is 21.7 Å². The van der Waals surface area contributed by atoms with Gasteiger partial charge in [0.2, 0.25) is 0 Å². The number of benzene rings is 1. The predicted octanol–water partition coefficient (Wildman–Crippen LogP) is 3.07. The number of hydrogen-bond acceptors (Lipinski definition) is 4. The highest BCUT2D eigenvalue weighted by Crippen LogP contribution is 2.29. The van der Waals surface area contributed by atoms with E-state index in [0.717, 1.165) is 17.0 Å². The van der Waals surface area contributed by atoms with Crippen molar-refractivity contribution in [1.29, 1.82) is 0 Å². The van der Waals surface area contributed by atoms with Gasteiger partial charge in [-0.1, -0.05) is 29.8 Å². The second kappa shape index (κ2) is 5.99. The summed E-state index contributed by atoms with van der Waals surface area (Å²) in [5.41, 5.74) is 2.46. The first-order valence-electron chi connectivity index (χ1n) is 5.99. The first-order chi connectivity index (χ1) is 9.11. The Kier molecular flexibility index (Phi) is 4.35. The number of nitrogens with zero attached hydrogens (tertiary/aromatic N) is 2. The number of aryl methyl sites for hydroxylation is 2. The number of aliphatic hydroxyl groups is 1. The van der Waals surface area contributed by atoms with E-state index in [2.05, 4.69) is 9.97 Å². The van der Waals surface area contributed by atoms with Crippen molar-refractivity contribution in [1.82, 2.24) is 9.97 Å². The lowest BCUT2D eigenvalue weighted by molar-refractivity contribution is 0.297. The maximum absolute atomic E-state index is 9.04. The highest BCUT2D eigenvalue weighted by atomic mass is 35.5. The third kappa shape index (κ3) is 3.22. The molecule has 0 amide bonds. The first kappa shape index (κ1) is 13.8. The second-order valence-corrected chi connectivity index (χ2v) is 4.53. The fourth-order valence-corrected chi connectivity index (χ4v) is 1.86. The van der Waals surface area contributed by atoms with E-state index < -0.39 is 0 Å². The lowest BCUT2D eigenvalue weighted by Crippen LogP contribution is -2.00. The van der Waals surface area contributed by atoms with E-state index in [-0.39, 0.29) is 17.6 Å². The van der Waals surface area contributed by atoms with Crippen molar-refractivity contribution in [2.45, 2.75) is 20.3 Å². The highest BCUT2D eigenvalue weighted by molar-refractivity contribution is 6.30. The van der Waals surface area contributed by atoms with Crippen molar-refractivity contribution in [3.63, 3.8) is 0 Å². The summed E-state index contributed by atoms with van der Waals surface area (Å²) in [6.07, 6.45) is 0.520. The molecule has 0 atom stereocenters. The molecule has 1 aromatic carbocycles. The fraction of sp³-hybridized carbons (Fsp3) is 0.286. The van der Waals surface area contributed by atoms with Crippen LogP contribution in [0.5, 0.6) is 11.6 Å². The van der Waals surface area contributed by atoms with Gasteiger partial charge in [0.25, 0.3) is 5.88 Å². The molecule has 0 radical (unpaired) electrons. The maximum atomic E-state index is 9.04. The van der Waals surface area contributed by atoms with Crippen LogP contribution >= 0.6 is 11.6 Å². The molecule has 4 nitrogen and oxygen atoms in total. The first-order valence-corrected chi connectivity index (χ1v) is 6.37. The Hall–Kier alpha value is -1.65. The average Bonchev–Trinajstić information content (AvgIpc) is 2.38. The zero-order valence-electron chi connectivity index (χ0n) is 10.9. The Morgan fingerprint density at radius 1 is 1.16 bits per heavy atom. The molecule has 5 heteroatoms. The highest BCUT2D eigenvalue weighted by Gasteiger charge is 2.11. The van der Waals surface area contributed by atoms with Gasteiger partial charge in [0, 0.05) is 6.61 Å². The van der Waals surface area contributed by atoms with Crippen molar-refractivity contribution in [3.05, 3.63) is 46.4 Å². The van der Waals surface area contributed by atoms with Gasteiger partial charge in [0.1, 0.15) is 5.75 Å². The molecule has 0 aliphatic carbocycles. The second-order valence-electron chi connectivity index (χ2n) is 4.17. The number of hydrogen-bond donors (Lipinski definition) is 1. The Morgan fingerprint density at radius 3 is 2.58 bits per heavy atom. The van der Waals surface area contributed by atoms with E-state index in [1.165, 1.54) is 0 Å². The van der Waals surface area contributed by atoms with Crippen molar-refractivity contribution in [2.75, 3.05) is 6.61 Å². The molecule has 1 heterocycles. The van der Waals surface area contributed by atoms with Gasteiger partial charge in [-0.2, -0.15) is 0 Å². The molecule has 19 heavy (non-hydrogen) atoms. The zero-order valence-corrected chi connectivity index (χ0v) is 11.6. The molecule has 1 aromatic heterocycles. The lowest BCUT2D eigenvalue weighted by Gasteiger charge is -2.11. The standard InChI is InChI=1S/C14H15ClN2O2/c1-9-10(2)17-14(13(15)16-9)19-12-6-4-3-5-11(12)7-8-18/h3-6,18H,7-8H2,1-2H3. The third-order valence-electron chi connectivity index (χ3n) is 2.80. The summed E-state index contributed by atoms with van der Waals surface area (Å²) in [4.78, 5) is 8.46. The molecule has 0 bridgehead atoms. The van der Waals surface area contributed by atoms with Crippen LogP contribution in [-0.2, 0) is 6.42 Å². The van der Waals surface area contributed by atoms with Gasteiger partial charge in [-0.15, -0.1) is 0 Å². The van der Waals surface area contributed by atoms with E-state index in [1.54, 1.807) is 0 Å². The summed E-state index contributed by atoms with van der Waals surface area (Å²) in [5, 5.41) is 9.27. The SMILES string of the molecule is Cc1nc(Cl)c(Oc2ccccc2CCO)nc1C. The largest absolute Gasteiger partial charge is 0.436 e. The van der Waals surface area contributed by atoms with Crippen LogP contribution in [0.1, 0.15) is 17.0 Å². The van der Waals surface area contributed by atoms with Gasteiger partial charge in [-0.05, 0) is 31.9 Å². The molecular weight excluding hydrogens is 264 g/mol. The van der Waals surface area contributed by atoms with Crippen LogP contribution < -0.4 is 4.74 Å². The van der Waals surface area contributed by atoms with Gasteiger partial charge in [-0.25, -0.2) is 9.97 Å². The number of aliphatic hydroxyl groups excluding tert-OH is 1. The van der Waals surface area contributed by atoms with Crippen molar-refractivity contribution in [3.8, 4) is 11.6 Å². The number of halogens is 1. The molecule has 2 aromatic rings. The quantitative estimate of drug-likeness (QED) is 0.934. The Morgan fingerprint density at radius 2 is 1.84 bits per heavy atom. The van der Waals surface area contributed by atoms with Crippen LogP contribution in [0.15, 0.2) is 24.3 Å². The maximum Gasteiger partial charge on any atom is 0.257 e. The predicted molar refractivity (Wildman–Crippen MR) is 73.8 cm³/mol. The molecule has 0 saturated carbocycles. The van der Waals surface area contributed by atoms with Crippen molar-refractivity contribution >= 4 is 11.6 Å². The average molecular weight is 279 g/mol. The zero-order chi connectivity index (χ0) is 13.8. The molecule has 2 rings (SSSR count). The molecule has 1 N–H and O–H groups in total. The topological polar surface area (TPSA) is 55.2 Å². The molecule has 0 aliphatic rings. The van der Waals surface area contributed by atoms with E-state index in [1.807, 2.05) is 38.1 Å². The van der Waals surface area contributed by atoms with E-state index in [0.29, 0.717) is 12.2 Å². The summed E-state index contributed by atoms with van der Waals surface area (Å²) in [6.45, 7) is 3.76. The van der Waals surface area contributed by atoms with E-state index >= 15 is 0 Å². The van der Waals surface area contributed by atoms with Gasteiger partial charge in [0.15, 0.2) is 5.15 Å². The van der Waals surface area contributed by atoms with E-state index in [4.69, 9.17) is 21.4 Å². The smallest absolute Gasteiger partial charge is 0.257 e. The number of para-hydroxylation sites is 1. The van der Waals surface area contributed by atoms with Crippen LogP contribution in [0.2, 0.25) is 5.15 Å². The van der Waals surface area contributed by atoms with E-state index in [9.17, 15) is 0 Å². The van der Waals surface area contributed by atoms with Crippen LogP contribution in [0.3, 0.4) is 0 Å². The third-order valence-corrected chi connectivity index (χ3v) is 3.04. The van der Waals surface area contributed by atoms with Crippen LogP contribution in [0.25, 0.3) is 0 Å². The van der Waals surface area contributed by atoms with Gasteiger partial charge in [0.05, 0.1) is 11.4 Å². The fourth-order valence-electron chi connectivity index (χ4n) is 1.65. The molecule has 0 aliphatic heterocycles.